The molecule has 0 aromatic heterocycles. The molecule has 0 bridgehead atoms. The van der Waals surface area contributed by atoms with Crippen molar-refractivity contribution in [1.29, 1.82) is 0 Å². The van der Waals surface area contributed by atoms with Gasteiger partial charge in [0.25, 0.3) is 11.7 Å². The maximum absolute atomic E-state index is 13.3. The summed E-state index contributed by atoms with van der Waals surface area (Å²) in [7, 11) is 0. The summed E-state index contributed by atoms with van der Waals surface area (Å²) in [5.41, 5.74) is 2.51. The molecule has 0 aliphatic carbocycles. The summed E-state index contributed by atoms with van der Waals surface area (Å²) in [5, 5.41) is 11.3. The Labute approximate surface area is 206 Å². The Morgan fingerprint density at radius 2 is 1.69 bits per heavy atom. The van der Waals surface area contributed by atoms with Crippen LogP contribution in [0, 0.1) is 0 Å². The van der Waals surface area contributed by atoms with Crippen LogP contribution in [0.3, 0.4) is 0 Å². The van der Waals surface area contributed by atoms with Crippen LogP contribution in [0.15, 0.2) is 48.0 Å². The molecule has 2 aromatic carbocycles. The molecule has 0 spiro atoms. The number of rotatable bonds is 9. The number of Topliss-reactive ketones (excluding diaryl/α,β-unsaturated/α-hetero) is 1. The fraction of sp³-hybridized carbons (Fsp3) is 0.429. The van der Waals surface area contributed by atoms with E-state index in [1.807, 2.05) is 24.3 Å². The monoisotopic (exact) mass is 478 g/mol. The van der Waals surface area contributed by atoms with Gasteiger partial charge < -0.3 is 24.4 Å². The summed E-state index contributed by atoms with van der Waals surface area (Å²) >= 11 is 0. The zero-order chi connectivity index (χ0) is 24.9. The number of likely N-dealkylation sites (tertiary alicyclic amines) is 1. The number of carbonyl (C=O) groups is 2. The number of amides is 1. The summed E-state index contributed by atoms with van der Waals surface area (Å²) in [4.78, 5) is 30.3. The zero-order valence-corrected chi connectivity index (χ0v) is 20.8. The first-order valence-electron chi connectivity index (χ1n) is 12.5. The number of hydrogen-bond donors (Lipinski definition) is 1. The van der Waals surface area contributed by atoms with E-state index in [2.05, 4.69) is 25.7 Å². The van der Waals surface area contributed by atoms with Crippen LogP contribution in [-0.4, -0.2) is 66.0 Å². The first-order chi connectivity index (χ1) is 17.0. The van der Waals surface area contributed by atoms with Crippen LogP contribution in [-0.2, 0) is 16.0 Å². The van der Waals surface area contributed by atoms with Crippen molar-refractivity contribution in [2.75, 3.05) is 39.4 Å². The Bertz CT molecular complexity index is 1100. The molecule has 0 saturated carbocycles. The van der Waals surface area contributed by atoms with Gasteiger partial charge in [-0.05, 0) is 61.8 Å². The average Bonchev–Trinajstić information content (AvgIpc) is 3.15. The zero-order valence-electron chi connectivity index (χ0n) is 20.8. The Morgan fingerprint density at radius 1 is 1.00 bits per heavy atom. The highest BCUT2D eigenvalue weighted by atomic mass is 16.6. The highest BCUT2D eigenvalue weighted by molar-refractivity contribution is 6.46. The second-order valence-corrected chi connectivity index (χ2v) is 8.83. The quantitative estimate of drug-likeness (QED) is 0.331. The van der Waals surface area contributed by atoms with Gasteiger partial charge in [-0.3, -0.25) is 9.59 Å². The molecule has 7 nitrogen and oxygen atoms in total. The molecule has 1 saturated heterocycles. The van der Waals surface area contributed by atoms with Crippen molar-refractivity contribution in [2.45, 2.75) is 39.7 Å². The second kappa shape index (κ2) is 11.0. The maximum atomic E-state index is 13.3. The Morgan fingerprint density at radius 3 is 2.34 bits per heavy atom. The van der Waals surface area contributed by atoms with Gasteiger partial charge >= 0.3 is 0 Å². The highest BCUT2D eigenvalue weighted by Gasteiger charge is 2.45. The normalized spacial score (nSPS) is 19.0. The highest BCUT2D eigenvalue weighted by Crippen LogP contribution is 2.41. The predicted molar refractivity (Wildman–Crippen MR) is 135 cm³/mol. The van der Waals surface area contributed by atoms with Gasteiger partial charge in [-0.2, -0.15) is 0 Å². The van der Waals surface area contributed by atoms with Crippen LogP contribution in [0.2, 0.25) is 0 Å². The van der Waals surface area contributed by atoms with Crippen molar-refractivity contribution in [3.8, 4) is 11.5 Å². The number of ether oxygens (including phenoxy) is 2. The van der Waals surface area contributed by atoms with Crippen molar-refractivity contribution in [2.24, 2.45) is 0 Å². The summed E-state index contributed by atoms with van der Waals surface area (Å²) in [5.74, 6) is -0.330. The van der Waals surface area contributed by atoms with Crippen molar-refractivity contribution >= 4 is 17.4 Å². The van der Waals surface area contributed by atoms with Crippen molar-refractivity contribution < 1.29 is 24.2 Å². The minimum Gasteiger partial charge on any atom is -0.507 e. The van der Waals surface area contributed by atoms with E-state index < -0.39 is 17.7 Å². The molecule has 1 atom stereocenters. The Balaban J connectivity index is 1.73. The van der Waals surface area contributed by atoms with E-state index in [4.69, 9.17) is 9.47 Å². The molecule has 2 aromatic rings. The minimum atomic E-state index is -0.662. The Kier molecular flexibility index (Phi) is 7.76. The SMILES string of the molecule is CCc1ccc([C@H]2C(=C(O)c3ccc4c(c3)OCCO4)C(=O)C(=O)N2CCCN(CC)CC)cc1. The van der Waals surface area contributed by atoms with Gasteiger partial charge in [0.2, 0.25) is 0 Å². The van der Waals surface area contributed by atoms with Gasteiger partial charge in [0.1, 0.15) is 19.0 Å². The largest absolute Gasteiger partial charge is 0.507 e. The summed E-state index contributed by atoms with van der Waals surface area (Å²) in [6.07, 6.45) is 1.63. The van der Waals surface area contributed by atoms with E-state index in [9.17, 15) is 14.7 Å². The number of aliphatic hydroxyl groups is 1. The smallest absolute Gasteiger partial charge is 0.295 e. The van der Waals surface area contributed by atoms with Crippen LogP contribution in [0.1, 0.15) is 49.9 Å². The fourth-order valence-electron chi connectivity index (χ4n) is 4.74. The standard InChI is InChI=1S/C28H34N2O5/c1-4-19-8-10-20(11-9-19)25-24(26(31)21-12-13-22-23(18-21)35-17-16-34-22)27(32)28(33)30(25)15-7-14-29(5-2)6-3/h8-13,18,25,31H,4-7,14-17H2,1-3H3/t25-/m0/s1. The van der Waals surface area contributed by atoms with Gasteiger partial charge in [-0.1, -0.05) is 45.0 Å². The van der Waals surface area contributed by atoms with Gasteiger partial charge in [0, 0.05) is 12.1 Å². The first-order valence-corrected chi connectivity index (χ1v) is 12.5. The van der Waals surface area contributed by atoms with Crippen molar-refractivity contribution in [3.63, 3.8) is 0 Å². The molecular formula is C28H34N2O5. The van der Waals surface area contributed by atoms with Crippen LogP contribution in [0.25, 0.3) is 5.76 Å². The molecule has 186 valence electrons. The number of nitrogens with zero attached hydrogens (tertiary/aromatic N) is 2. The Hall–Kier alpha value is -3.32. The molecule has 2 aliphatic rings. The molecule has 7 heteroatoms. The van der Waals surface area contributed by atoms with Crippen LogP contribution in [0.4, 0.5) is 0 Å². The van der Waals surface area contributed by atoms with E-state index >= 15 is 0 Å². The van der Waals surface area contributed by atoms with Gasteiger partial charge in [-0.25, -0.2) is 0 Å². The number of fused-ring (bicyclic) bond motifs is 1. The number of carbonyl (C=O) groups excluding carboxylic acids is 2. The van der Waals surface area contributed by atoms with E-state index in [0.717, 1.165) is 38.0 Å². The van der Waals surface area contributed by atoms with E-state index in [1.54, 1.807) is 23.1 Å². The van der Waals surface area contributed by atoms with E-state index in [1.165, 1.54) is 5.56 Å². The topological polar surface area (TPSA) is 79.3 Å². The molecule has 1 fully saturated rings. The summed E-state index contributed by atoms with van der Waals surface area (Å²) in [6, 6.07) is 12.3. The molecule has 1 amide bonds. The number of benzene rings is 2. The third kappa shape index (κ3) is 5.05. The lowest BCUT2D eigenvalue weighted by Crippen LogP contribution is -2.33. The van der Waals surface area contributed by atoms with Gasteiger partial charge in [0.05, 0.1) is 11.6 Å². The minimum absolute atomic E-state index is 0.110. The number of ketones is 1. The molecule has 0 radical (unpaired) electrons. The van der Waals surface area contributed by atoms with Crippen LogP contribution in [0.5, 0.6) is 11.5 Å². The molecule has 35 heavy (non-hydrogen) atoms. The second-order valence-electron chi connectivity index (χ2n) is 8.83. The lowest BCUT2D eigenvalue weighted by Gasteiger charge is -2.27. The number of hydrogen-bond acceptors (Lipinski definition) is 6. The molecule has 2 aliphatic heterocycles. The average molecular weight is 479 g/mol. The van der Waals surface area contributed by atoms with E-state index in [0.29, 0.717) is 36.8 Å². The van der Waals surface area contributed by atoms with Crippen LogP contribution >= 0.6 is 0 Å². The van der Waals surface area contributed by atoms with Gasteiger partial charge in [0.15, 0.2) is 11.5 Å². The lowest BCUT2D eigenvalue weighted by molar-refractivity contribution is -0.140. The molecule has 1 N–H and O–H groups in total. The number of aryl methyl sites for hydroxylation is 1. The molecule has 0 unspecified atom stereocenters. The van der Waals surface area contributed by atoms with Crippen molar-refractivity contribution in [1.82, 2.24) is 9.80 Å². The lowest BCUT2D eigenvalue weighted by atomic mass is 9.94. The third-order valence-corrected chi connectivity index (χ3v) is 6.83. The molecular weight excluding hydrogens is 444 g/mol. The van der Waals surface area contributed by atoms with E-state index in [-0.39, 0.29) is 11.3 Å². The van der Waals surface area contributed by atoms with Crippen LogP contribution < -0.4 is 9.47 Å². The van der Waals surface area contributed by atoms with Crippen molar-refractivity contribution in [3.05, 3.63) is 64.7 Å². The molecule has 4 rings (SSSR count). The summed E-state index contributed by atoms with van der Waals surface area (Å²) in [6.45, 7) is 10.3. The predicted octanol–water partition coefficient (Wildman–Crippen LogP) is 4.17. The first kappa shape index (κ1) is 24.8. The number of aliphatic hydroxyl groups excluding tert-OH is 1. The summed E-state index contributed by atoms with van der Waals surface area (Å²) < 4.78 is 11.2. The van der Waals surface area contributed by atoms with Gasteiger partial charge in [-0.15, -0.1) is 0 Å². The third-order valence-electron chi connectivity index (χ3n) is 6.83. The maximum Gasteiger partial charge on any atom is 0.295 e. The fourth-order valence-corrected chi connectivity index (χ4v) is 4.74. The molecule has 2 heterocycles.